The molecule has 2 aromatic rings. The first-order valence-corrected chi connectivity index (χ1v) is 10.9. The predicted molar refractivity (Wildman–Crippen MR) is 115 cm³/mol. The number of hydrogen-bond donors (Lipinski definition) is 1. The molecule has 1 aliphatic rings. The van der Waals surface area contributed by atoms with Crippen molar-refractivity contribution in [3.05, 3.63) is 51.0 Å². The van der Waals surface area contributed by atoms with Crippen LogP contribution < -0.4 is 5.32 Å². The molecule has 6 nitrogen and oxygen atoms in total. The highest BCUT2D eigenvalue weighted by molar-refractivity contribution is 9.10. The van der Waals surface area contributed by atoms with Crippen LogP contribution in [0.2, 0.25) is 5.28 Å². The van der Waals surface area contributed by atoms with Crippen LogP contribution in [0.25, 0.3) is 0 Å². The van der Waals surface area contributed by atoms with Crippen molar-refractivity contribution < 1.29 is 14.3 Å². The van der Waals surface area contributed by atoms with E-state index in [1.54, 1.807) is 4.57 Å². The van der Waals surface area contributed by atoms with E-state index in [-0.39, 0.29) is 23.1 Å². The summed E-state index contributed by atoms with van der Waals surface area (Å²) in [7, 11) is 1.43. The minimum absolute atomic E-state index is 0.0177. The van der Waals surface area contributed by atoms with Crippen molar-refractivity contribution in [3.8, 4) is 0 Å². The van der Waals surface area contributed by atoms with E-state index >= 15 is 0 Å². The number of nitrogens with one attached hydrogen (secondary N) is 1. The van der Waals surface area contributed by atoms with Crippen molar-refractivity contribution in [3.63, 3.8) is 0 Å². The molecule has 0 aliphatic heterocycles. The van der Waals surface area contributed by atoms with E-state index < -0.39 is 0 Å². The zero-order valence-electron chi connectivity index (χ0n) is 16.6. The molecule has 0 radical (unpaired) electrons. The molecule has 156 valence electrons. The molecule has 3 rings (SSSR count). The van der Waals surface area contributed by atoms with Gasteiger partial charge in [0, 0.05) is 6.54 Å². The van der Waals surface area contributed by atoms with Crippen LogP contribution in [-0.4, -0.2) is 35.1 Å². The second kappa shape index (κ2) is 9.76. The van der Waals surface area contributed by atoms with Crippen LogP contribution in [0.5, 0.6) is 0 Å². The molecule has 1 aliphatic carbocycles. The molecule has 1 heterocycles. The minimum Gasteiger partial charge on any atom is -0.469 e. The summed E-state index contributed by atoms with van der Waals surface area (Å²) < 4.78 is 6.97. The van der Waals surface area contributed by atoms with Crippen molar-refractivity contribution in [2.24, 2.45) is 11.8 Å². The van der Waals surface area contributed by atoms with Crippen molar-refractivity contribution in [1.82, 2.24) is 14.9 Å². The molecule has 1 aromatic carbocycles. The number of esters is 1. The molecule has 8 heteroatoms. The van der Waals surface area contributed by atoms with Gasteiger partial charge in [0.05, 0.1) is 19.6 Å². The van der Waals surface area contributed by atoms with Crippen molar-refractivity contribution in [2.45, 2.75) is 39.2 Å². The van der Waals surface area contributed by atoms with Crippen molar-refractivity contribution in [1.29, 1.82) is 0 Å². The van der Waals surface area contributed by atoms with Gasteiger partial charge in [0.15, 0.2) is 0 Å². The fourth-order valence-electron chi connectivity index (χ4n) is 3.72. The number of halogens is 2. The fraction of sp³-hybridized carbons (Fsp3) is 0.476. The van der Waals surface area contributed by atoms with Gasteiger partial charge in [0.1, 0.15) is 10.3 Å². The van der Waals surface area contributed by atoms with Crippen LogP contribution in [0, 0.1) is 18.8 Å². The van der Waals surface area contributed by atoms with Crippen LogP contribution in [0.15, 0.2) is 28.9 Å². The molecule has 1 fully saturated rings. The number of rotatable bonds is 6. The largest absolute Gasteiger partial charge is 0.469 e. The second-order valence-electron chi connectivity index (χ2n) is 7.54. The SMILES string of the molecule is COC(=O)C1CCC(CNC(=O)c2c(Br)nc(Cl)n2Cc2ccc(C)cc2)CC1. The maximum absolute atomic E-state index is 12.9. The third-order valence-electron chi connectivity index (χ3n) is 5.49. The molecule has 0 atom stereocenters. The Morgan fingerprint density at radius 2 is 1.90 bits per heavy atom. The van der Waals surface area contributed by atoms with Crippen LogP contribution in [0.4, 0.5) is 0 Å². The van der Waals surface area contributed by atoms with Crippen LogP contribution >= 0.6 is 27.5 Å². The third kappa shape index (κ3) is 5.39. The molecule has 1 aromatic heterocycles. The maximum atomic E-state index is 12.9. The molecule has 0 unspecified atom stereocenters. The van der Waals surface area contributed by atoms with E-state index in [0.29, 0.717) is 29.3 Å². The van der Waals surface area contributed by atoms with Crippen LogP contribution in [0.3, 0.4) is 0 Å². The summed E-state index contributed by atoms with van der Waals surface area (Å²) in [4.78, 5) is 28.7. The number of methoxy groups -OCH3 is 1. The molecule has 0 spiro atoms. The Kier molecular flexibility index (Phi) is 7.35. The molecule has 1 saturated carbocycles. The Bertz CT molecular complexity index is 874. The first kappa shape index (κ1) is 21.8. The van der Waals surface area contributed by atoms with Crippen LogP contribution in [0.1, 0.15) is 47.3 Å². The van der Waals surface area contributed by atoms with E-state index in [0.717, 1.165) is 31.2 Å². The second-order valence-corrected chi connectivity index (χ2v) is 8.63. The van der Waals surface area contributed by atoms with Gasteiger partial charge in [-0.3, -0.25) is 9.59 Å². The number of nitrogens with zero attached hydrogens (tertiary/aromatic N) is 2. The van der Waals surface area contributed by atoms with Gasteiger partial charge in [-0.2, -0.15) is 0 Å². The van der Waals surface area contributed by atoms with Gasteiger partial charge in [-0.05, 0) is 71.6 Å². The Morgan fingerprint density at radius 1 is 1.24 bits per heavy atom. The molecule has 1 amide bonds. The number of carbonyl (C=O) groups excluding carboxylic acids is 2. The Labute approximate surface area is 184 Å². The predicted octanol–water partition coefficient (Wildman–Crippen LogP) is 4.36. The summed E-state index contributed by atoms with van der Waals surface area (Å²) in [6.07, 6.45) is 3.39. The molecule has 1 N–H and O–H groups in total. The Balaban J connectivity index is 1.62. The molecule has 0 saturated heterocycles. The van der Waals surface area contributed by atoms with E-state index in [9.17, 15) is 9.59 Å². The Hall–Kier alpha value is -1.86. The average Bonchev–Trinajstić information content (AvgIpc) is 3.00. The smallest absolute Gasteiger partial charge is 0.308 e. The summed E-state index contributed by atoms with van der Waals surface area (Å²) in [5.41, 5.74) is 2.63. The lowest BCUT2D eigenvalue weighted by Gasteiger charge is -2.27. The number of benzene rings is 1. The monoisotopic (exact) mass is 481 g/mol. The summed E-state index contributed by atoms with van der Waals surface area (Å²) in [6, 6.07) is 8.08. The lowest BCUT2D eigenvalue weighted by molar-refractivity contribution is -0.146. The first-order valence-electron chi connectivity index (χ1n) is 9.72. The number of amides is 1. The molecule has 0 bridgehead atoms. The molecular formula is C21H25BrClN3O3. The normalized spacial score (nSPS) is 19.0. The number of imidazole rings is 1. The third-order valence-corrected chi connectivity index (χ3v) is 6.33. The van der Waals surface area contributed by atoms with E-state index in [1.807, 2.05) is 31.2 Å². The quantitative estimate of drug-likeness (QED) is 0.621. The summed E-state index contributed by atoms with van der Waals surface area (Å²) >= 11 is 9.64. The minimum atomic E-state index is -0.210. The van der Waals surface area contributed by atoms with Crippen molar-refractivity contribution >= 4 is 39.4 Å². The standard InChI is InChI=1S/C21H25BrClN3O3/c1-13-3-5-15(6-4-13)12-26-17(18(22)25-21(26)23)19(27)24-11-14-7-9-16(10-8-14)20(28)29-2/h3-6,14,16H,7-12H2,1-2H3,(H,24,27). The highest BCUT2D eigenvalue weighted by Crippen LogP contribution is 2.29. The van der Waals surface area contributed by atoms with Crippen LogP contribution in [-0.2, 0) is 16.1 Å². The fourth-order valence-corrected chi connectivity index (χ4v) is 4.62. The van der Waals surface area contributed by atoms with Gasteiger partial charge in [0.2, 0.25) is 5.28 Å². The summed E-state index contributed by atoms with van der Waals surface area (Å²) in [5.74, 6) is -0.0111. The number of ether oxygens (including phenoxy) is 1. The zero-order chi connectivity index (χ0) is 21.0. The molecular weight excluding hydrogens is 458 g/mol. The van der Waals surface area contributed by atoms with Gasteiger partial charge in [0.25, 0.3) is 5.91 Å². The zero-order valence-corrected chi connectivity index (χ0v) is 18.9. The highest BCUT2D eigenvalue weighted by atomic mass is 79.9. The molecule has 29 heavy (non-hydrogen) atoms. The number of aromatic nitrogens is 2. The number of hydrogen-bond acceptors (Lipinski definition) is 4. The van der Waals surface area contributed by atoms with Gasteiger partial charge in [-0.15, -0.1) is 0 Å². The maximum Gasteiger partial charge on any atom is 0.308 e. The summed E-state index contributed by atoms with van der Waals surface area (Å²) in [6.45, 7) is 3.05. The average molecular weight is 483 g/mol. The number of aryl methyl sites for hydroxylation is 1. The van der Waals surface area contributed by atoms with Gasteiger partial charge < -0.3 is 14.6 Å². The topological polar surface area (TPSA) is 73.2 Å². The van der Waals surface area contributed by atoms with Gasteiger partial charge >= 0.3 is 5.97 Å². The lowest BCUT2D eigenvalue weighted by Crippen LogP contribution is -2.34. The number of carbonyl (C=O) groups is 2. The Morgan fingerprint density at radius 3 is 2.52 bits per heavy atom. The first-order chi connectivity index (χ1) is 13.9. The van der Waals surface area contributed by atoms with Gasteiger partial charge in [-0.25, -0.2) is 4.98 Å². The highest BCUT2D eigenvalue weighted by Gasteiger charge is 2.28. The van der Waals surface area contributed by atoms with E-state index in [4.69, 9.17) is 16.3 Å². The van der Waals surface area contributed by atoms with E-state index in [1.165, 1.54) is 12.7 Å². The van der Waals surface area contributed by atoms with Gasteiger partial charge in [-0.1, -0.05) is 29.8 Å². The lowest BCUT2D eigenvalue weighted by atomic mass is 9.82. The van der Waals surface area contributed by atoms with E-state index in [2.05, 4.69) is 26.2 Å². The van der Waals surface area contributed by atoms with Crippen molar-refractivity contribution in [2.75, 3.05) is 13.7 Å². The summed E-state index contributed by atoms with van der Waals surface area (Å²) in [5, 5.41) is 3.28.